The van der Waals surface area contributed by atoms with Gasteiger partial charge in [-0.05, 0) is 12.1 Å². The van der Waals surface area contributed by atoms with Gasteiger partial charge in [0.05, 0.1) is 11.9 Å². The molecule has 0 amide bonds. The lowest BCUT2D eigenvalue weighted by Crippen LogP contribution is -2.11. The first-order valence-corrected chi connectivity index (χ1v) is 9.16. The summed E-state index contributed by atoms with van der Waals surface area (Å²) in [5.74, 6) is 8.50. The number of oxazole rings is 1. The molecule has 130 valence electrons. The van der Waals surface area contributed by atoms with Crippen LogP contribution >= 0.6 is 23.4 Å². The summed E-state index contributed by atoms with van der Waals surface area (Å²) in [6.45, 7) is 0. The molecule has 2 heterocycles. The molecule has 0 aliphatic rings. The fraction of sp³-hybridized carbons (Fsp3) is 0.0556. The van der Waals surface area contributed by atoms with Crippen LogP contribution in [0.4, 0.5) is 0 Å². The molecule has 0 aliphatic carbocycles. The number of thioether (sulfide) groups is 1. The molecule has 0 saturated carbocycles. The molecule has 0 saturated heterocycles. The van der Waals surface area contributed by atoms with Crippen LogP contribution in [0.5, 0.6) is 0 Å². The van der Waals surface area contributed by atoms with Crippen molar-refractivity contribution in [1.29, 1.82) is 0 Å². The van der Waals surface area contributed by atoms with E-state index in [1.807, 2.05) is 42.5 Å². The molecule has 2 N–H and O–H groups in total. The lowest BCUT2D eigenvalue weighted by atomic mass is 10.2. The smallest absolute Gasteiger partial charge is 0.210 e. The Morgan fingerprint density at radius 3 is 2.65 bits per heavy atom. The third kappa shape index (κ3) is 3.44. The van der Waals surface area contributed by atoms with Gasteiger partial charge in [0, 0.05) is 16.1 Å². The van der Waals surface area contributed by atoms with Crippen LogP contribution in [0, 0.1) is 0 Å². The second kappa shape index (κ2) is 7.23. The molecule has 0 atom stereocenters. The number of nitrogens with zero attached hydrogens (tertiary/aromatic N) is 4. The summed E-state index contributed by atoms with van der Waals surface area (Å²) in [5, 5.41) is 9.48. The zero-order chi connectivity index (χ0) is 17.9. The van der Waals surface area contributed by atoms with E-state index in [0.29, 0.717) is 27.6 Å². The monoisotopic (exact) mass is 383 g/mol. The highest BCUT2D eigenvalue weighted by Crippen LogP contribution is 2.27. The first-order valence-electron chi connectivity index (χ1n) is 7.80. The molecular weight excluding hydrogens is 370 g/mol. The topological polar surface area (TPSA) is 82.8 Å². The molecule has 26 heavy (non-hydrogen) atoms. The summed E-state index contributed by atoms with van der Waals surface area (Å²) in [7, 11) is 0. The van der Waals surface area contributed by atoms with E-state index in [0.717, 1.165) is 16.9 Å². The van der Waals surface area contributed by atoms with Gasteiger partial charge in [0.1, 0.15) is 0 Å². The summed E-state index contributed by atoms with van der Waals surface area (Å²) < 4.78 is 7.23. The van der Waals surface area contributed by atoms with Gasteiger partial charge in [-0.25, -0.2) is 9.66 Å². The fourth-order valence-electron chi connectivity index (χ4n) is 2.44. The fourth-order valence-corrected chi connectivity index (χ4v) is 3.34. The lowest BCUT2D eigenvalue weighted by Gasteiger charge is -2.03. The number of nitrogens with two attached hydrogens (primary N) is 1. The Morgan fingerprint density at radius 1 is 1.04 bits per heavy atom. The molecule has 6 nitrogen and oxygen atoms in total. The Hall–Kier alpha value is -2.77. The molecule has 8 heteroatoms. The molecule has 4 aromatic rings. The highest BCUT2D eigenvalue weighted by molar-refractivity contribution is 7.98. The SMILES string of the molecule is Nn1c(SCc2ncc(-c3ccccc3)o2)nnc1-c1cccc(Cl)c1. The number of nitrogen functional groups attached to an aromatic ring is 1. The van der Waals surface area contributed by atoms with Crippen molar-refractivity contribution in [2.75, 3.05) is 5.84 Å². The average molecular weight is 384 g/mol. The van der Waals surface area contributed by atoms with E-state index in [1.165, 1.54) is 16.4 Å². The maximum Gasteiger partial charge on any atom is 0.210 e. The first kappa shape index (κ1) is 16.7. The predicted octanol–water partition coefficient (Wildman–Crippen LogP) is 4.26. The zero-order valence-electron chi connectivity index (χ0n) is 13.5. The summed E-state index contributed by atoms with van der Waals surface area (Å²) in [6, 6.07) is 17.2. The van der Waals surface area contributed by atoms with Crippen LogP contribution in [0.15, 0.2) is 70.4 Å². The van der Waals surface area contributed by atoms with Gasteiger partial charge in [0.2, 0.25) is 11.0 Å². The van der Waals surface area contributed by atoms with Crippen molar-refractivity contribution in [2.45, 2.75) is 10.9 Å². The van der Waals surface area contributed by atoms with E-state index >= 15 is 0 Å². The largest absolute Gasteiger partial charge is 0.440 e. The van der Waals surface area contributed by atoms with Gasteiger partial charge < -0.3 is 10.3 Å². The van der Waals surface area contributed by atoms with Crippen molar-refractivity contribution < 1.29 is 4.42 Å². The van der Waals surface area contributed by atoms with Gasteiger partial charge in [-0.15, -0.1) is 10.2 Å². The standard InChI is InChI=1S/C18H14ClN5OS/c19-14-8-4-7-13(9-14)17-22-23-18(24(17)20)26-11-16-21-10-15(25-16)12-5-2-1-3-6-12/h1-10H,11,20H2. The van der Waals surface area contributed by atoms with Crippen molar-refractivity contribution in [3.8, 4) is 22.7 Å². The Balaban J connectivity index is 1.48. The quantitative estimate of drug-likeness (QED) is 0.409. The maximum atomic E-state index is 6.12. The van der Waals surface area contributed by atoms with E-state index in [2.05, 4.69) is 15.2 Å². The van der Waals surface area contributed by atoms with Gasteiger partial charge >= 0.3 is 0 Å². The van der Waals surface area contributed by atoms with Gasteiger partial charge in [-0.1, -0.05) is 65.8 Å². The zero-order valence-corrected chi connectivity index (χ0v) is 15.1. The van der Waals surface area contributed by atoms with Crippen LogP contribution in [-0.4, -0.2) is 19.9 Å². The van der Waals surface area contributed by atoms with E-state index in [9.17, 15) is 0 Å². The predicted molar refractivity (Wildman–Crippen MR) is 102 cm³/mol. The number of rotatable bonds is 5. The number of aromatic nitrogens is 4. The van der Waals surface area contributed by atoms with Crippen LogP contribution in [0.2, 0.25) is 5.02 Å². The van der Waals surface area contributed by atoms with Gasteiger partial charge in [-0.3, -0.25) is 0 Å². The van der Waals surface area contributed by atoms with Crippen LogP contribution in [0.3, 0.4) is 0 Å². The Morgan fingerprint density at radius 2 is 1.85 bits per heavy atom. The van der Waals surface area contributed by atoms with Crippen molar-refractivity contribution in [2.24, 2.45) is 0 Å². The molecule has 0 radical (unpaired) electrons. The van der Waals surface area contributed by atoms with Crippen molar-refractivity contribution in [3.63, 3.8) is 0 Å². The molecule has 0 fully saturated rings. The second-order valence-corrected chi connectivity index (χ2v) is 6.84. The molecule has 0 bridgehead atoms. The van der Waals surface area contributed by atoms with Crippen molar-refractivity contribution in [3.05, 3.63) is 71.7 Å². The Labute approximate surface area is 159 Å². The van der Waals surface area contributed by atoms with Crippen LogP contribution in [0.25, 0.3) is 22.7 Å². The minimum atomic E-state index is 0.498. The highest BCUT2D eigenvalue weighted by Gasteiger charge is 2.14. The van der Waals surface area contributed by atoms with Gasteiger partial charge in [-0.2, -0.15) is 0 Å². The maximum absolute atomic E-state index is 6.12. The number of benzene rings is 2. The highest BCUT2D eigenvalue weighted by atomic mass is 35.5. The second-order valence-electron chi connectivity index (χ2n) is 5.46. The summed E-state index contributed by atoms with van der Waals surface area (Å²) in [5.41, 5.74) is 1.79. The Kier molecular flexibility index (Phi) is 4.64. The van der Waals surface area contributed by atoms with Crippen molar-refractivity contribution >= 4 is 23.4 Å². The third-order valence-electron chi connectivity index (χ3n) is 3.68. The van der Waals surface area contributed by atoms with Gasteiger partial charge in [0.25, 0.3) is 0 Å². The molecule has 2 aromatic carbocycles. The molecule has 2 aromatic heterocycles. The van der Waals surface area contributed by atoms with E-state index in [-0.39, 0.29) is 0 Å². The summed E-state index contributed by atoms with van der Waals surface area (Å²) >= 11 is 7.43. The number of halogens is 1. The number of hydrogen-bond donors (Lipinski definition) is 1. The van der Waals surface area contributed by atoms with Crippen molar-refractivity contribution in [1.82, 2.24) is 19.9 Å². The molecule has 0 unspecified atom stereocenters. The summed E-state index contributed by atoms with van der Waals surface area (Å²) in [6.07, 6.45) is 1.72. The van der Waals surface area contributed by atoms with Crippen LogP contribution in [-0.2, 0) is 5.75 Å². The lowest BCUT2D eigenvalue weighted by molar-refractivity contribution is 0.529. The summed E-state index contributed by atoms with van der Waals surface area (Å²) in [4.78, 5) is 4.31. The van der Waals surface area contributed by atoms with E-state index < -0.39 is 0 Å². The van der Waals surface area contributed by atoms with Crippen LogP contribution in [0.1, 0.15) is 5.89 Å². The van der Waals surface area contributed by atoms with E-state index in [1.54, 1.807) is 18.3 Å². The van der Waals surface area contributed by atoms with Gasteiger partial charge in [0.15, 0.2) is 11.6 Å². The average Bonchev–Trinajstić information content (AvgIpc) is 3.28. The normalized spacial score (nSPS) is 11.0. The minimum Gasteiger partial charge on any atom is -0.440 e. The molecule has 0 spiro atoms. The number of hydrogen-bond acceptors (Lipinski definition) is 6. The van der Waals surface area contributed by atoms with E-state index in [4.69, 9.17) is 21.9 Å². The minimum absolute atomic E-state index is 0.498. The molecule has 0 aliphatic heterocycles. The molecular formula is C18H14ClN5OS. The Bertz CT molecular complexity index is 1030. The molecule has 4 rings (SSSR count). The third-order valence-corrected chi connectivity index (χ3v) is 4.85. The van der Waals surface area contributed by atoms with Crippen LogP contribution < -0.4 is 5.84 Å². The first-order chi connectivity index (χ1) is 12.7.